The minimum atomic E-state index is 0.582. The molecule has 0 aliphatic rings. The highest BCUT2D eigenvalue weighted by Crippen LogP contribution is 2.16. The summed E-state index contributed by atoms with van der Waals surface area (Å²) in [5.74, 6) is 1.53. The molecule has 0 amide bonds. The largest absolute Gasteiger partial charge is 0.497 e. The van der Waals surface area contributed by atoms with E-state index < -0.39 is 0 Å². The van der Waals surface area contributed by atoms with Crippen molar-refractivity contribution in [1.82, 2.24) is 9.78 Å². The van der Waals surface area contributed by atoms with Crippen molar-refractivity contribution in [3.63, 3.8) is 0 Å². The Morgan fingerprint density at radius 1 is 1.28 bits per heavy atom. The maximum Gasteiger partial charge on any atom is 0.125 e. The molecule has 0 aliphatic carbocycles. The maximum absolute atomic E-state index is 6.01. The number of aromatic nitrogens is 2. The third-order valence-electron chi connectivity index (χ3n) is 2.87. The molecule has 0 unspecified atom stereocenters. The number of nitrogens with zero attached hydrogens (tertiary/aromatic N) is 2. The first-order valence-electron chi connectivity index (χ1n) is 5.87. The van der Waals surface area contributed by atoms with Gasteiger partial charge in [-0.3, -0.25) is 0 Å². The molecule has 0 fully saturated rings. The fourth-order valence-corrected chi connectivity index (χ4v) is 1.81. The Kier molecular flexibility index (Phi) is 3.84. The quantitative estimate of drug-likeness (QED) is 0.825. The SMILES string of the molecule is COc1ccc(Cn2ncc(CCN)c2N)cc1. The van der Waals surface area contributed by atoms with Gasteiger partial charge >= 0.3 is 0 Å². The molecule has 0 saturated carbocycles. The molecule has 1 aromatic heterocycles. The van der Waals surface area contributed by atoms with E-state index in [-0.39, 0.29) is 0 Å². The molecule has 0 spiro atoms. The summed E-state index contributed by atoms with van der Waals surface area (Å²) >= 11 is 0. The molecule has 1 aromatic carbocycles. The van der Waals surface area contributed by atoms with Crippen LogP contribution in [0.5, 0.6) is 5.75 Å². The van der Waals surface area contributed by atoms with Crippen LogP contribution < -0.4 is 16.2 Å². The van der Waals surface area contributed by atoms with Gasteiger partial charge in [0.15, 0.2) is 0 Å². The number of hydrogen-bond acceptors (Lipinski definition) is 4. The van der Waals surface area contributed by atoms with Crippen molar-refractivity contribution in [2.24, 2.45) is 5.73 Å². The second kappa shape index (κ2) is 5.55. The summed E-state index contributed by atoms with van der Waals surface area (Å²) in [5, 5.41) is 4.28. The Labute approximate surface area is 106 Å². The van der Waals surface area contributed by atoms with Crippen LogP contribution in [0, 0.1) is 0 Å². The van der Waals surface area contributed by atoms with E-state index in [2.05, 4.69) is 5.10 Å². The van der Waals surface area contributed by atoms with Crippen molar-refractivity contribution in [2.75, 3.05) is 19.4 Å². The van der Waals surface area contributed by atoms with E-state index in [1.54, 1.807) is 18.0 Å². The molecule has 5 heteroatoms. The zero-order valence-corrected chi connectivity index (χ0v) is 10.5. The first-order chi connectivity index (χ1) is 8.74. The summed E-state index contributed by atoms with van der Waals surface area (Å²) in [5.41, 5.74) is 13.7. The number of nitrogen functional groups attached to an aromatic ring is 1. The van der Waals surface area contributed by atoms with Gasteiger partial charge in [-0.1, -0.05) is 12.1 Å². The smallest absolute Gasteiger partial charge is 0.125 e. The average molecular weight is 246 g/mol. The number of methoxy groups -OCH3 is 1. The van der Waals surface area contributed by atoms with Gasteiger partial charge in [0.1, 0.15) is 11.6 Å². The summed E-state index contributed by atoms with van der Waals surface area (Å²) in [6, 6.07) is 7.86. The summed E-state index contributed by atoms with van der Waals surface area (Å²) in [7, 11) is 1.65. The second-order valence-electron chi connectivity index (χ2n) is 4.10. The van der Waals surface area contributed by atoms with Crippen molar-refractivity contribution in [2.45, 2.75) is 13.0 Å². The molecule has 0 bridgehead atoms. The van der Waals surface area contributed by atoms with E-state index in [0.717, 1.165) is 23.3 Å². The molecular weight excluding hydrogens is 228 g/mol. The zero-order valence-electron chi connectivity index (χ0n) is 10.5. The number of anilines is 1. The minimum Gasteiger partial charge on any atom is -0.497 e. The van der Waals surface area contributed by atoms with Gasteiger partial charge in [0, 0.05) is 5.56 Å². The van der Waals surface area contributed by atoms with Crippen LogP contribution in [0.25, 0.3) is 0 Å². The molecule has 1 heterocycles. The molecule has 0 atom stereocenters. The number of ether oxygens (including phenoxy) is 1. The van der Waals surface area contributed by atoms with Crippen molar-refractivity contribution >= 4 is 5.82 Å². The van der Waals surface area contributed by atoms with Crippen LogP contribution in [-0.4, -0.2) is 23.4 Å². The third kappa shape index (κ3) is 2.62. The van der Waals surface area contributed by atoms with Gasteiger partial charge in [-0.15, -0.1) is 0 Å². The van der Waals surface area contributed by atoms with E-state index in [4.69, 9.17) is 16.2 Å². The lowest BCUT2D eigenvalue weighted by Crippen LogP contribution is -2.08. The Hall–Kier alpha value is -2.01. The van der Waals surface area contributed by atoms with E-state index in [9.17, 15) is 0 Å². The van der Waals surface area contributed by atoms with Crippen molar-refractivity contribution in [3.8, 4) is 5.75 Å². The molecule has 96 valence electrons. The zero-order chi connectivity index (χ0) is 13.0. The molecule has 2 rings (SSSR count). The lowest BCUT2D eigenvalue weighted by molar-refractivity contribution is 0.414. The predicted octanol–water partition coefficient (Wildman–Crippen LogP) is 1.02. The maximum atomic E-state index is 6.01. The van der Waals surface area contributed by atoms with Gasteiger partial charge in [0.2, 0.25) is 0 Å². The monoisotopic (exact) mass is 246 g/mol. The fourth-order valence-electron chi connectivity index (χ4n) is 1.81. The Balaban J connectivity index is 2.12. The lowest BCUT2D eigenvalue weighted by atomic mass is 10.2. The number of nitrogens with two attached hydrogens (primary N) is 2. The van der Waals surface area contributed by atoms with E-state index in [0.29, 0.717) is 18.9 Å². The number of benzene rings is 1. The summed E-state index contributed by atoms with van der Waals surface area (Å²) in [6.07, 6.45) is 2.54. The van der Waals surface area contributed by atoms with E-state index in [1.807, 2.05) is 24.3 Å². The molecule has 0 saturated heterocycles. The number of hydrogen-bond donors (Lipinski definition) is 2. The van der Waals surface area contributed by atoms with Gasteiger partial charge in [0.05, 0.1) is 19.9 Å². The standard InChI is InChI=1S/C13H18N4O/c1-18-12-4-2-10(3-5-12)9-17-13(15)11(6-7-14)8-16-17/h2-5,8H,6-7,9,14-15H2,1H3. The van der Waals surface area contributed by atoms with Crippen LogP contribution in [-0.2, 0) is 13.0 Å². The van der Waals surface area contributed by atoms with Crippen LogP contribution in [0.3, 0.4) is 0 Å². The lowest BCUT2D eigenvalue weighted by Gasteiger charge is -2.06. The van der Waals surface area contributed by atoms with Gasteiger partial charge in [-0.25, -0.2) is 4.68 Å². The first kappa shape index (κ1) is 12.4. The minimum absolute atomic E-state index is 0.582. The van der Waals surface area contributed by atoms with E-state index in [1.165, 1.54) is 0 Å². The second-order valence-corrected chi connectivity index (χ2v) is 4.10. The Morgan fingerprint density at radius 2 is 2.00 bits per heavy atom. The van der Waals surface area contributed by atoms with Gasteiger partial charge in [-0.05, 0) is 30.7 Å². The van der Waals surface area contributed by atoms with Crippen molar-refractivity contribution in [1.29, 1.82) is 0 Å². The summed E-state index contributed by atoms with van der Waals surface area (Å²) in [4.78, 5) is 0. The van der Waals surface area contributed by atoms with Crippen LogP contribution in [0.2, 0.25) is 0 Å². The molecule has 18 heavy (non-hydrogen) atoms. The normalized spacial score (nSPS) is 10.6. The first-order valence-corrected chi connectivity index (χ1v) is 5.87. The fraction of sp³-hybridized carbons (Fsp3) is 0.308. The highest BCUT2D eigenvalue weighted by molar-refractivity contribution is 5.39. The Morgan fingerprint density at radius 3 is 2.61 bits per heavy atom. The molecular formula is C13H18N4O. The van der Waals surface area contributed by atoms with E-state index >= 15 is 0 Å². The van der Waals surface area contributed by atoms with Crippen LogP contribution in [0.4, 0.5) is 5.82 Å². The summed E-state index contributed by atoms with van der Waals surface area (Å²) in [6.45, 7) is 1.23. The Bertz CT molecular complexity index is 504. The third-order valence-corrected chi connectivity index (χ3v) is 2.87. The molecule has 5 nitrogen and oxygen atoms in total. The molecule has 0 radical (unpaired) electrons. The highest BCUT2D eigenvalue weighted by atomic mass is 16.5. The summed E-state index contributed by atoms with van der Waals surface area (Å²) < 4.78 is 6.90. The highest BCUT2D eigenvalue weighted by Gasteiger charge is 2.06. The van der Waals surface area contributed by atoms with Gasteiger partial charge in [0.25, 0.3) is 0 Å². The molecule has 0 aliphatic heterocycles. The molecule has 4 N–H and O–H groups in total. The van der Waals surface area contributed by atoms with Crippen LogP contribution in [0.1, 0.15) is 11.1 Å². The van der Waals surface area contributed by atoms with Gasteiger partial charge in [-0.2, -0.15) is 5.10 Å². The van der Waals surface area contributed by atoms with Crippen molar-refractivity contribution in [3.05, 3.63) is 41.6 Å². The average Bonchev–Trinajstić information content (AvgIpc) is 2.73. The number of rotatable bonds is 5. The van der Waals surface area contributed by atoms with Crippen LogP contribution >= 0.6 is 0 Å². The van der Waals surface area contributed by atoms with Gasteiger partial charge < -0.3 is 16.2 Å². The predicted molar refractivity (Wildman–Crippen MR) is 71.5 cm³/mol. The van der Waals surface area contributed by atoms with Crippen molar-refractivity contribution < 1.29 is 4.74 Å². The van der Waals surface area contributed by atoms with Crippen LogP contribution in [0.15, 0.2) is 30.5 Å². The molecule has 2 aromatic rings. The topological polar surface area (TPSA) is 79.1 Å².